The van der Waals surface area contributed by atoms with E-state index < -0.39 is 18.5 Å². The number of aromatic nitrogens is 1. The Balaban J connectivity index is 1.87. The molecule has 0 radical (unpaired) electrons. The zero-order chi connectivity index (χ0) is 21.9. The van der Waals surface area contributed by atoms with Gasteiger partial charge in [-0.3, -0.25) is 14.6 Å². The summed E-state index contributed by atoms with van der Waals surface area (Å²) in [6.45, 7) is 6.04. The van der Waals surface area contributed by atoms with Gasteiger partial charge in [0.15, 0.2) is 6.61 Å². The number of carbonyl (C=O) groups excluding carboxylic acids is 3. The highest BCUT2D eigenvalue weighted by atomic mass is 16.5. The Morgan fingerprint density at radius 3 is 2.60 bits per heavy atom. The van der Waals surface area contributed by atoms with E-state index in [4.69, 9.17) is 9.72 Å². The highest BCUT2D eigenvalue weighted by molar-refractivity contribution is 6.05. The minimum Gasteiger partial charge on any atom is -0.452 e. The molecule has 1 heterocycles. The van der Waals surface area contributed by atoms with Crippen LogP contribution in [0.2, 0.25) is 0 Å². The summed E-state index contributed by atoms with van der Waals surface area (Å²) in [5.41, 5.74) is 3.23. The number of carbonyl (C=O) groups is 3. The van der Waals surface area contributed by atoms with Crippen LogP contribution in [0.15, 0.2) is 24.3 Å². The van der Waals surface area contributed by atoms with Crippen molar-refractivity contribution < 1.29 is 19.1 Å². The van der Waals surface area contributed by atoms with E-state index in [2.05, 4.69) is 31.4 Å². The molecule has 7 nitrogen and oxygen atoms in total. The normalized spacial score (nSPS) is 15.9. The minimum absolute atomic E-state index is 0.115. The van der Waals surface area contributed by atoms with Crippen LogP contribution in [0.1, 0.15) is 48.8 Å². The highest BCUT2D eigenvalue weighted by Gasteiger charge is 2.33. The number of rotatable bonds is 5. The van der Waals surface area contributed by atoms with Crippen LogP contribution in [0.5, 0.6) is 0 Å². The average molecular weight is 412 g/mol. The van der Waals surface area contributed by atoms with Crippen LogP contribution in [-0.4, -0.2) is 43.0 Å². The summed E-state index contributed by atoms with van der Waals surface area (Å²) in [4.78, 5) is 41.1. The van der Waals surface area contributed by atoms with Gasteiger partial charge in [0.2, 0.25) is 5.91 Å². The predicted molar refractivity (Wildman–Crippen MR) is 114 cm³/mol. The van der Waals surface area contributed by atoms with Crippen molar-refractivity contribution in [1.82, 2.24) is 15.6 Å². The fourth-order valence-corrected chi connectivity index (χ4v) is 3.88. The number of nitrogens with one attached hydrogen (secondary N) is 2. The van der Waals surface area contributed by atoms with Crippen molar-refractivity contribution in [2.24, 2.45) is 11.3 Å². The first-order valence-corrected chi connectivity index (χ1v) is 10.3. The third-order valence-electron chi connectivity index (χ3n) is 5.75. The van der Waals surface area contributed by atoms with Crippen molar-refractivity contribution in [1.29, 1.82) is 0 Å². The second-order valence-electron chi connectivity index (χ2n) is 8.76. The summed E-state index contributed by atoms with van der Waals surface area (Å²) in [6, 6.07) is 7.51. The Labute approximate surface area is 176 Å². The van der Waals surface area contributed by atoms with Gasteiger partial charge in [-0.2, -0.15) is 0 Å². The number of esters is 1. The standard InChI is InChI=1S/C23H29N3O4/c1-23(2,3)14-9-10-18-16(11-14)21(15-7-5-6-8-17(15)26-18)22(29)30-13-20(28)25-12-19(27)24-4/h5-8,14H,9-13H2,1-4H3,(H,24,27)(H,25,28)/t14-/m0/s1. The van der Waals surface area contributed by atoms with Gasteiger partial charge < -0.3 is 15.4 Å². The molecule has 7 heteroatoms. The van der Waals surface area contributed by atoms with Crippen LogP contribution < -0.4 is 10.6 Å². The molecule has 3 rings (SSSR count). The van der Waals surface area contributed by atoms with Crippen LogP contribution in [0.3, 0.4) is 0 Å². The van der Waals surface area contributed by atoms with Gasteiger partial charge in [-0.1, -0.05) is 39.0 Å². The zero-order valence-corrected chi connectivity index (χ0v) is 18.0. The van der Waals surface area contributed by atoms with E-state index >= 15 is 0 Å². The Hall–Kier alpha value is -2.96. The van der Waals surface area contributed by atoms with Crippen LogP contribution in [0, 0.1) is 11.3 Å². The molecule has 0 fully saturated rings. The van der Waals surface area contributed by atoms with E-state index in [9.17, 15) is 14.4 Å². The molecule has 2 aromatic rings. The topological polar surface area (TPSA) is 97.4 Å². The minimum atomic E-state index is -0.533. The molecule has 160 valence electrons. The molecular weight excluding hydrogens is 382 g/mol. The molecular formula is C23H29N3O4. The molecule has 0 saturated carbocycles. The number of aryl methyl sites for hydroxylation is 1. The first-order valence-electron chi connectivity index (χ1n) is 10.3. The van der Waals surface area contributed by atoms with Crippen LogP contribution in [0.25, 0.3) is 10.9 Å². The molecule has 1 aliphatic carbocycles. The summed E-state index contributed by atoms with van der Waals surface area (Å²) >= 11 is 0. The third kappa shape index (κ3) is 4.78. The first kappa shape index (κ1) is 21.7. The average Bonchev–Trinajstić information content (AvgIpc) is 2.72. The first-order chi connectivity index (χ1) is 14.2. The largest absolute Gasteiger partial charge is 0.452 e. The van der Waals surface area contributed by atoms with Crippen molar-refractivity contribution in [2.45, 2.75) is 40.0 Å². The van der Waals surface area contributed by atoms with E-state index in [1.807, 2.05) is 24.3 Å². The van der Waals surface area contributed by atoms with Crippen molar-refractivity contribution in [3.63, 3.8) is 0 Å². The fourth-order valence-electron chi connectivity index (χ4n) is 3.88. The highest BCUT2D eigenvalue weighted by Crippen LogP contribution is 2.39. The number of ether oxygens (including phenoxy) is 1. The van der Waals surface area contributed by atoms with Crippen molar-refractivity contribution in [2.75, 3.05) is 20.2 Å². The number of likely N-dealkylation sites (N-methyl/N-ethyl adjacent to an activating group) is 1. The lowest BCUT2D eigenvalue weighted by Gasteiger charge is -2.35. The molecule has 1 aromatic carbocycles. The monoisotopic (exact) mass is 411 g/mol. The molecule has 2 N–H and O–H groups in total. The molecule has 2 amide bonds. The van der Waals surface area contributed by atoms with Crippen LogP contribution in [0.4, 0.5) is 0 Å². The second-order valence-corrected chi connectivity index (χ2v) is 8.76. The van der Waals surface area contributed by atoms with E-state index in [1.54, 1.807) is 0 Å². The van der Waals surface area contributed by atoms with E-state index in [0.29, 0.717) is 11.5 Å². The molecule has 0 unspecified atom stereocenters. The van der Waals surface area contributed by atoms with Gasteiger partial charge >= 0.3 is 5.97 Å². The maximum atomic E-state index is 13.1. The van der Waals surface area contributed by atoms with Gasteiger partial charge in [-0.25, -0.2) is 4.79 Å². The summed E-state index contributed by atoms with van der Waals surface area (Å²) in [7, 11) is 1.48. The Kier molecular flexibility index (Phi) is 6.39. The lowest BCUT2D eigenvalue weighted by molar-refractivity contribution is -0.127. The van der Waals surface area contributed by atoms with Gasteiger partial charge in [-0.15, -0.1) is 0 Å². The van der Waals surface area contributed by atoms with E-state index in [0.717, 1.165) is 41.4 Å². The molecule has 0 aliphatic heterocycles. The van der Waals surface area contributed by atoms with Gasteiger partial charge in [0.05, 0.1) is 17.6 Å². The van der Waals surface area contributed by atoms with Gasteiger partial charge in [-0.05, 0) is 42.2 Å². The second kappa shape index (κ2) is 8.81. The number of benzene rings is 1. The lowest BCUT2D eigenvalue weighted by atomic mass is 9.70. The van der Waals surface area contributed by atoms with Crippen molar-refractivity contribution in [3.8, 4) is 0 Å². The summed E-state index contributed by atoms with van der Waals surface area (Å²) in [5, 5.41) is 5.58. The quantitative estimate of drug-likeness (QED) is 0.737. The summed E-state index contributed by atoms with van der Waals surface area (Å²) in [5.74, 6) is -0.950. The van der Waals surface area contributed by atoms with Gasteiger partial charge in [0, 0.05) is 18.1 Å². The maximum absolute atomic E-state index is 13.1. The number of hydrogen-bond acceptors (Lipinski definition) is 5. The Morgan fingerprint density at radius 1 is 1.17 bits per heavy atom. The summed E-state index contributed by atoms with van der Waals surface area (Å²) < 4.78 is 5.34. The summed E-state index contributed by atoms with van der Waals surface area (Å²) in [6.07, 6.45) is 2.59. The van der Waals surface area contributed by atoms with E-state index in [1.165, 1.54) is 7.05 Å². The fraction of sp³-hybridized carbons (Fsp3) is 0.478. The SMILES string of the molecule is CNC(=O)CNC(=O)COC(=O)c1c2c(nc3ccccc13)CC[C@H](C(C)(C)C)C2. The molecule has 0 saturated heterocycles. The molecule has 1 aliphatic rings. The van der Waals surface area contributed by atoms with E-state index in [-0.39, 0.29) is 17.9 Å². The van der Waals surface area contributed by atoms with Crippen molar-refractivity contribution in [3.05, 3.63) is 41.1 Å². The number of fused-ring (bicyclic) bond motifs is 2. The van der Waals surface area contributed by atoms with Crippen molar-refractivity contribution >= 4 is 28.7 Å². The predicted octanol–water partition coefficient (Wildman–Crippen LogP) is 2.40. The zero-order valence-electron chi connectivity index (χ0n) is 18.0. The number of nitrogens with zero attached hydrogens (tertiary/aromatic N) is 1. The van der Waals surface area contributed by atoms with Gasteiger partial charge in [0.25, 0.3) is 5.91 Å². The number of amides is 2. The third-order valence-corrected chi connectivity index (χ3v) is 5.75. The van der Waals surface area contributed by atoms with Gasteiger partial charge in [0.1, 0.15) is 0 Å². The molecule has 30 heavy (non-hydrogen) atoms. The van der Waals surface area contributed by atoms with Crippen LogP contribution in [-0.2, 0) is 27.2 Å². The molecule has 1 atom stereocenters. The number of pyridine rings is 1. The molecule has 0 spiro atoms. The smallest absolute Gasteiger partial charge is 0.339 e. The lowest BCUT2D eigenvalue weighted by Crippen LogP contribution is -2.37. The maximum Gasteiger partial charge on any atom is 0.339 e. The number of hydrogen-bond donors (Lipinski definition) is 2. The number of para-hydroxylation sites is 1. The Morgan fingerprint density at radius 2 is 1.90 bits per heavy atom. The van der Waals surface area contributed by atoms with Crippen LogP contribution >= 0.6 is 0 Å². The molecule has 1 aromatic heterocycles. The molecule has 0 bridgehead atoms. The Bertz CT molecular complexity index is 978.